The molecule has 0 aliphatic carbocycles. The highest BCUT2D eigenvalue weighted by Crippen LogP contribution is 2.20. The quantitative estimate of drug-likeness (QED) is 0.802. The number of hydrogen-bond donors (Lipinski definition) is 0. The second-order valence-corrected chi connectivity index (χ2v) is 4.59. The Morgan fingerprint density at radius 3 is 2.65 bits per heavy atom. The van der Waals surface area contributed by atoms with E-state index >= 15 is 0 Å². The molecule has 0 atom stereocenters. The Labute approximate surface area is 118 Å². The zero-order chi connectivity index (χ0) is 14.5. The van der Waals surface area contributed by atoms with E-state index in [-0.39, 0.29) is 5.97 Å². The molecule has 0 saturated carbocycles. The van der Waals surface area contributed by atoms with E-state index in [0.717, 1.165) is 22.6 Å². The second-order valence-electron chi connectivity index (χ2n) is 4.59. The van der Waals surface area contributed by atoms with Crippen LogP contribution in [0.1, 0.15) is 27.2 Å². The van der Waals surface area contributed by atoms with Gasteiger partial charge in [0.25, 0.3) is 0 Å². The van der Waals surface area contributed by atoms with Gasteiger partial charge in [0, 0.05) is 6.20 Å². The largest absolute Gasteiger partial charge is 0.487 e. The molecule has 0 aliphatic rings. The van der Waals surface area contributed by atoms with Crippen LogP contribution in [0.3, 0.4) is 0 Å². The number of esters is 1. The summed E-state index contributed by atoms with van der Waals surface area (Å²) < 4.78 is 10.4. The maximum atomic E-state index is 11.3. The van der Waals surface area contributed by atoms with Gasteiger partial charge in [-0.15, -0.1) is 0 Å². The van der Waals surface area contributed by atoms with E-state index in [9.17, 15) is 4.79 Å². The fraction of sp³-hybridized carbons (Fsp3) is 0.250. The molecule has 2 aromatic rings. The lowest BCUT2D eigenvalue weighted by atomic mass is 10.1. The Morgan fingerprint density at radius 2 is 2.00 bits per heavy atom. The van der Waals surface area contributed by atoms with Crippen LogP contribution in [0, 0.1) is 13.8 Å². The topological polar surface area (TPSA) is 48.4 Å². The second kappa shape index (κ2) is 6.19. The summed E-state index contributed by atoms with van der Waals surface area (Å²) in [6.45, 7) is 4.39. The van der Waals surface area contributed by atoms with Gasteiger partial charge < -0.3 is 9.47 Å². The van der Waals surface area contributed by atoms with Crippen molar-refractivity contribution in [3.05, 3.63) is 58.9 Å². The minimum Gasteiger partial charge on any atom is -0.487 e. The smallest absolute Gasteiger partial charge is 0.339 e. The van der Waals surface area contributed by atoms with Gasteiger partial charge in [0.05, 0.1) is 18.4 Å². The van der Waals surface area contributed by atoms with Gasteiger partial charge in [0.1, 0.15) is 12.4 Å². The molecule has 104 valence electrons. The van der Waals surface area contributed by atoms with E-state index in [1.54, 1.807) is 12.1 Å². The number of carbonyl (C=O) groups excluding carboxylic acids is 1. The molecular formula is C16H17NO3. The summed E-state index contributed by atoms with van der Waals surface area (Å²) in [5.41, 5.74) is 3.43. The van der Waals surface area contributed by atoms with Gasteiger partial charge in [-0.1, -0.05) is 12.1 Å². The zero-order valence-electron chi connectivity index (χ0n) is 11.8. The zero-order valence-corrected chi connectivity index (χ0v) is 11.8. The molecule has 1 heterocycles. The lowest BCUT2D eigenvalue weighted by Gasteiger charge is -2.09. The summed E-state index contributed by atoms with van der Waals surface area (Å²) >= 11 is 0. The first-order valence-corrected chi connectivity index (χ1v) is 6.33. The van der Waals surface area contributed by atoms with Crippen LogP contribution >= 0.6 is 0 Å². The average Bonchev–Trinajstić information content (AvgIpc) is 2.48. The third-order valence-corrected chi connectivity index (χ3v) is 2.97. The van der Waals surface area contributed by atoms with Crippen molar-refractivity contribution >= 4 is 5.97 Å². The maximum Gasteiger partial charge on any atom is 0.339 e. The van der Waals surface area contributed by atoms with E-state index in [4.69, 9.17) is 4.74 Å². The third kappa shape index (κ3) is 3.35. The number of carbonyl (C=O) groups is 1. The Bertz CT molecular complexity index is 606. The Kier molecular flexibility index (Phi) is 4.35. The number of aromatic nitrogens is 1. The van der Waals surface area contributed by atoms with Crippen LogP contribution in [-0.2, 0) is 11.3 Å². The molecule has 0 N–H and O–H groups in total. The lowest BCUT2D eigenvalue weighted by molar-refractivity contribution is 0.0600. The van der Waals surface area contributed by atoms with E-state index in [2.05, 4.69) is 9.72 Å². The third-order valence-electron chi connectivity index (χ3n) is 2.97. The van der Waals surface area contributed by atoms with Gasteiger partial charge in [0.2, 0.25) is 0 Å². The van der Waals surface area contributed by atoms with Gasteiger partial charge in [-0.25, -0.2) is 4.79 Å². The maximum absolute atomic E-state index is 11.3. The highest BCUT2D eigenvalue weighted by atomic mass is 16.5. The average molecular weight is 271 g/mol. The molecule has 0 aliphatic heterocycles. The summed E-state index contributed by atoms with van der Waals surface area (Å²) in [6, 6.07) is 9.51. The highest BCUT2D eigenvalue weighted by Gasteiger charge is 2.06. The number of rotatable bonds is 4. The van der Waals surface area contributed by atoms with Gasteiger partial charge in [0.15, 0.2) is 0 Å². The normalized spacial score (nSPS) is 10.2. The molecule has 0 bridgehead atoms. The van der Waals surface area contributed by atoms with Gasteiger partial charge in [-0.05, 0) is 43.2 Å². The molecule has 0 spiro atoms. The molecule has 1 aromatic heterocycles. The summed E-state index contributed by atoms with van der Waals surface area (Å²) in [6.07, 6.45) is 1.49. The number of benzene rings is 1. The molecule has 1 aromatic carbocycles. The fourth-order valence-electron chi connectivity index (χ4n) is 1.76. The van der Waals surface area contributed by atoms with E-state index < -0.39 is 0 Å². The predicted molar refractivity (Wildman–Crippen MR) is 75.8 cm³/mol. The standard InChI is InChI=1S/C16H17NO3/c1-11-4-5-12(2)15(8-11)20-10-14-7-6-13(9-17-14)16(18)19-3/h4-9H,10H2,1-3H3. The summed E-state index contributed by atoms with van der Waals surface area (Å²) in [7, 11) is 1.35. The molecule has 0 saturated heterocycles. The molecule has 0 fully saturated rings. The number of aryl methyl sites for hydroxylation is 2. The van der Waals surface area contributed by atoms with E-state index in [1.165, 1.54) is 13.3 Å². The predicted octanol–water partition coefficient (Wildman–Crippen LogP) is 3.06. The van der Waals surface area contributed by atoms with Crippen LogP contribution in [0.4, 0.5) is 0 Å². The molecule has 0 radical (unpaired) electrons. The molecular weight excluding hydrogens is 254 g/mol. The van der Waals surface area contributed by atoms with Crippen LogP contribution in [0.2, 0.25) is 0 Å². The van der Waals surface area contributed by atoms with Gasteiger partial charge >= 0.3 is 5.97 Å². The lowest BCUT2D eigenvalue weighted by Crippen LogP contribution is -2.04. The molecule has 4 heteroatoms. The van der Waals surface area contributed by atoms with Crippen molar-refractivity contribution in [2.75, 3.05) is 7.11 Å². The minimum atomic E-state index is -0.389. The fourth-order valence-corrected chi connectivity index (χ4v) is 1.76. The summed E-state index contributed by atoms with van der Waals surface area (Å²) in [5, 5.41) is 0. The van der Waals surface area contributed by atoms with Crippen molar-refractivity contribution < 1.29 is 14.3 Å². The summed E-state index contributed by atoms with van der Waals surface area (Å²) in [5.74, 6) is 0.461. The molecule has 2 rings (SSSR count). The van der Waals surface area contributed by atoms with Crippen molar-refractivity contribution in [1.82, 2.24) is 4.98 Å². The number of hydrogen-bond acceptors (Lipinski definition) is 4. The van der Waals surface area contributed by atoms with Crippen molar-refractivity contribution in [2.45, 2.75) is 20.5 Å². The number of ether oxygens (including phenoxy) is 2. The van der Waals surface area contributed by atoms with E-state index in [0.29, 0.717) is 12.2 Å². The van der Waals surface area contributed by atoms with Crippen LogP contribution in [0.15, 0.2) is 36.5 Å². The Hall–Kier alpha value is -2.36. The first-order valence-electron chi connectivity index (χ1n) is 6.33. The highest BCUT2D eigenvalue weighted by molar-refractivity contribution is 5.88. The molecule has 0 unspecified atom stereocenters. The van der Waals surface area contributed by atoms with Crippen LogP contribution < -0.4 is 4.74 Å². The number of nitrogens with zero attached hydrogens (tertiary/aromatic N) is 1. The Morgan fingerprint density at radius 1 is 1.20 bits per heavy atom. The SMILES string of the molecule is COC(=O)c1ccc(COc2cc(C)ccc2C)nc1. The molecule has 4 nitrogen and oxygen atoms in total. The van der Waals surface area contributed by atoms with E-state index in [1.807, 2.05) is 32.0 Å². The van der Waals surface area contributed by atoms with Crippen molar-refractivity contribution in [2.24, 2.45) is 0 Å². The van der Waals surface area contributed by atoms with Crippen molar-refractivity contribution in [1.29, 1.82) is 0 Å². The molecule has 20 heavy (non-hydrogen) atoms. The first kappa shape index (κ1) is 14.1. The van der Waals surface area contributed by atoms with Crippen LogP contribution in [-0.4, -0.2) is 18.1 Å². The number of methoxy groups -OCH3 is 1. The van der Waals surface area contributed by atoms with Gasteiger partial charge in [-0.3, -0.25) is 4.98 Å². The first-order chi connectivity index (χ1) is 9.60. The van der Waals surface area contributed by atoms with Crippen molar-refractivity contribution in [3.63, 3.8) is 0 Å². The summed E-state index contributed by atoms with van der Waals surface area (Å²) in [4.78, 5) is 15.5. The van der Waals surface area contributed by atoms with Crippen LogP contribution in [0.25, 0.3) is 0 Å². The monoisotopic (exact) mass is 271 g/mol. The minimum absolute atomic E-state index is 0.367. The van der Waals surface area contributed by atoms with Gasteiger partial charge in [-0.2, -0.15) is 0 Å². The van der Waals surface area contributed by atoms with Crippen molar-refractivity contribution in [3.8, 4) is 5.75 Å². The Balaban J connectivity index is 2.04. The van der Waals surface area contributed by atoms with Crippen LogP contribution in [0.5, 0.6) is 5.75 Å². The number of pyridine rings is 1. The molecule has 0 amide bonds.